The van der Waals surface area contributed by atoms with E-state index in [-0.39, 0.29) is 29.0 Å². The number of anilines is 2. The van der Waals surface area contributed by atoms with Gasteiger partial charge in [0, 0.05) is 17.8 Å². The molecule has 9 nitrogen and oxygen atoms in total. The number of methoxy groups -OCH3 is 2. The van der Waals surface area contributed by atoms with Crippen molar-refractivity contribution in [2.75, 3.05) is 38.2 Å². The summed E-state index contributed by atoms with van der Waals surface area (Å²) in [4.78, 5) is 12.8. The van der Waals surface area contributed by atoms with E-state index in [0.29, 0.717) is 39.9 Å². The molecule has 1 aliphatic rings. The number of carbonyl (C=O) groups is 1. The summed E-state index contributed by atoms with van der Waals surface area (Å²) in [5, 5.41) is 5.76. The Kier molecular flexibility index (Phi) is 6.74. The number of fused-ring (bicyclic) bond motifs is 1. The van der Waals surface area contributed by atoms with Crippen LogP contribution in [0.25, 0.3) is 0 Å². The number of nitrogens with one attached hydrogen (secondary N) is 2. The highest BCUT2D eigenvalue weighted by Crippen LogP contribution is 2.36. The molecule has 0 saturated heterocycles. The van der Waals surface area contributed by atoms with Gasteiger partial charge in [-0.2, -0.15) is 0 Å². The molecule has 0 radical (unpaired) electrons. The first-order valence-corrected chi connectivity index (χ1v) is 12.2. The predicted molar refractivity (Wildman–Crippen MR) is 131 cm³/mol. The molecule has 0 bridgehead atoms. The summed E-state index contributed by atoms with van der Waals surface area (Å²) in [6.45, 7) is 3.57. The summed E-state index contributed by atoms with van der Waals surface area (Å²) in [7, 11) is -1.03. The highest BCUT2D eigenvalue weighted by molar-refractivity contribution is 7.91. The van der Waals surface area contributed by atoms with E-state index < -0.39 is 9.84 Å². The van der Waals surface area contributed by atoms with Gasteiger partial charge in [-0.05, 0) is 55.3 Å². The first-order valence-electron chi connectivity index (χ1n) is 10.7. The number of sulfone groups is 1. The van der Waals surface area contributed by atoms with Crippen molar-refractivity contribution in [1.29, 1.82) is 0 Å². The molecule has 0 aliphatic carbocycles. The molecular weight excluding hydrogens is 472 g/mol. The number of rotatable bonds is 8. The Morgan fingerprint density at radius 3 is 2.43 bits per heavy atom. The number of benzene rings is 3. The van der Waals surface area contributed by atoms with Gasteiger partial charge in [0.05, 0.1) is 36.2 Å². The van der Waals surface area contributed by atoms with Crippen LogP contribution in [0.1, 0.15) is 11.1 Å². The predicted octanol–water partition coefficient (Wildman–Crippen LogP) is 3.93. The molecule has 0 aromatic heterocycles. The van der Waals surface area contributed by atoms with Crippen LogP contribution in [0.2, 0.25) is 0 Å². The van der Waals surface area contributed by atoms with Crippen molar-refractivity contribution in [3.05, 3.63) is 59.7 Å². The maximum Gasteiger partial charge on any atom is 0.243 e. The molecule has 1 aliphatic heterocycles. The molecule has 2 N–H and O–H groups in total. The van der Waals surface area contributed by atoms with E-state index in [1.807, 2.05) is 6.92 Å². The molecule has 3 aromatic rings. The second-order valence-corrected chi connectivity index (χ2v) is 9.84. The van der Waals surface area contributed by atoms with Crippen LogP contribution in [0.3, 0.4) is 0 Å². The van der Waals surface area contributed by atoms with Crippen molar-refractivity contribution < 1.29 is 32.2 Å². The van der Waals surface area contributed by atoms with Crippen LogP contribution in [-0.4, -0.2) is 41.9 Å². The summed E-state index contributed by atoms with van der Waals surface area (Å²) in [6, 6.07) is 13.0. The van der Waals surface area contributed by atoms with Gasteiger partial charge < -0.3 is 29.6 Å². The minimum atomic E-state index is -3.95. The van der Waals surface area contributed by atoms with E-state index in [2.05, 4.69) is 10.6 Å². The monoisotopic (exact) mass is 498 g/mol. The van der Waals surface area contributed by atoms with Crippen LogP contribution in [0.5, 0.6) is 23.0 Å². The fraction of sp³-hybridized carbons (Fsp3) is 0.240. The van der Waals surface area contributed by atoms with Crippen molar-refractivity contribution >= 4 is 27.1 Å². The molecule has 184 valence electrons. The van der Waals surface area contributed by atoms with Gasteiger partial charge >= 0.3 is 0 Å². The lowest BCUT2D eigenvalue weighted by molar-refractivity contribution is -0.114. The number of amides is 1. The Morgan fingerprint density at radius 2 is 1.69 bits per heavy atom. The Bertz CT molecular complexity index is 1390. The number of aryl methyl sites for hydroxylation is 2. The molecule has 0 spiro atoms. The molecule has 35 heavy (non-hydrogen) atoms. The van der Waals surface area contributed by atoms with Crippen molar-refractivity contribution in [3.63, 3.8) is 0 Å². The molecule has 4 rings (SSSR count). The lowest BCUT2D eigenvalue weighted by Crippen LogP contribution is -2.23. The van der Waals surface area contributed by atoms with E-state index >= 15 is 0 Å². The zero-order chi connectivity index (χ0) is 25.2. The Labute approximate surface area is 203 Å². The smallest absolute Gasteiger partial charge is 0.243 e. The normalized spacial score (nSPS) is 12.2. The third kappa shape index (κ3) is 4.97. The van der Waals surface area contributed by atoms with E-state index in [1.54, 1.807) is 43.3 Å². The van der Waals surface area contributed by atoms with E-state index in [1.165, 1.54) is 26.4 Å². The van der Waals surface area contributed by atoms with Crippen molar-refractivity contribution in [1.82, 2.24) is 0 Å². The van der Waals surface area contributed by atoms with E-state index in [9.17, 15) is 13.2 Å². The van der Waals surface area contributed by atoms with Gasteiger partial charge in [-0.3, -0.25) is 4.79 Å². The van der Waals surface area contributed by atoms with Gasteiger partial charge in [-0.15, -0.1) is 0 Å². The molecule has 1 amide bonds. The standard InChI is InChI=1S/C25H26N2O7S/c1-15-9-16(2)25(35(29,30)18-6-8-20(31-3)22(12-18)32-4)19(10-15)26-13-24(28)27-17-5-7-21-23(11-17)34-14-33-21/h5-12,26H,13-14H2,1-4H3,(H,27,28). The molecule has 1 heterocycles. The Hall–Kier alpha value is -3.92. The van der Waals surface area contributed by atoms with Crippen LogP contribution < -0.4 is 29.6 Å². The minimum Gasteiger partial charge on any atom is -0.493 e. The van der Waals surface area contributed by atoms with Gasteiger partial charge in [-0.1, -0.05) is 6.07 Å². The van der Waals surface area contributed by atoms with E-state index in [4.69, 9.17) is 18.9 Å². The zero-order valence-corrected chi connectivity index (χ0v) is 20.6. The Morgan fingerprint density at radius 1 is 0.943 bits per heavy atom. The lowest BCUT2D eigenvalue weighted by atomic mass is 10.1. The number of hydrogen-bond donors (Lipinski definition) is 2. The molecule has 0 fully saturated rings. The lowest BCUT2D eigenvalue weighted by Gasteiger charge is -2.17. The highest BCUT2D eigenvalue weighted by Gasteiger charge is 2.26. The molecule has 3 aromatic carbocycles. The Balaban J connectivity index is 1.59. The molecular formula is C25H26N2O7S. The summed E-state index contributed by atoms with van der Waals surface area (Å²) >= 11 is 0. The zero-order valence-electron chi connectivity index (χ0n) is 19.8. The largest absolute Gasteiger partial charge is 0.493 e. The quantitative estimate of drug-likeness (QED) is 0.481. The van der Waals surface area contributed by atoms with Gasteiger partial charge in [0.25, 0.3) is 0 Å². The highest BCUT2D eigenvalue weighted by atomic mass is 32.2. The SMILES string of the molecule is COc1ccc(S(=O)(=O)c2c(C)cc(C)cc2NCC(=O)Nc2ccc3c(c2)OCO3)cc1OC. The molecule has 10 heteroatoms. The van der Waals surface area contributed by atoms with Crippen LogP contribution in [0.15, 0.2) is 58.3 Å². The van der Waals surface area contributed by atoms with E-state index in [0.717, 1.165) is 5.56 Å². The first kappa shape index (κ1) is 24.2. The number of hydrogen-bond acceptors (Lipinski definition) is 8. The van der Waals surface area contributed by atoms with Crippen LogP contribution in [0.4, 0.5) is 11.4 Å². The van der Waals surface area contributed by atoms with Gasteiger partial charge in [0.15, 0.2) is 23.0 Å². The molecule has 0 unspecified atom stereocenters. The minimum absolute atomic E-state index is 0.0509. The topological polar surface area (TPSA) is 112 Å². The number of ether oxygens (including phenoxy) is 4. The molecule has 0 saturated carbocycles. The fourth-order valence-corrected chi connectivity index (χ4v) is 5.55. The van der Waals surface area contributed by atoms with Crippen molar-refractivity contribution in [2.45, 2.75) is 23.6 Å². The van der Waals surface area contributed by atoms with Gasteiger partial charge in [0.2, 0.25) is 22.5 Å². The average Bonchev–Trinajstić information content (AvgIpc) is 3.29. The molecule has 0 atom stereocenters. The second kappa shape index (κ2) is 9.75. The number of carbonyl (C=O) groups excluding carboxylic acids is 1. The van der Waals surface area contributed by atoms with Crippen LogP contribution in [-0.2, 0) is 14.6 Å². The maximum atomic E-state index is 13.6. The van der Waals surface area contributed by atoms with Crippen LogP contribution >= 0.6 is 0 Å². The maximum absolute atomic E-state index is 13.6. The summed E-state index contributed by atoms with van der Waals surface area (Å²) in [6.07, 6.45) is 0. The van der Waals surface area contributed by atoms with Crippen LogP contribution in [0, 0.1) is 13.8 Å². The van der Waals surface area contributed by atoms with Crippen molar-refractivity contribution in [2.24, 2.45) is 0 Å². The van der Waals surface area contributed by atoms with Gasteiger partial charge in [-0.25, -0.2) is 8.42 Å². The van der Waals surface area contributed by atoms with Crippen molar-refractivity contribution in [3.8, 4) is 23.0 Å². The van der Waals surface area contributed by atoms with Gasteiger partial charge in [0.1, 0.15) is 0 Å². The first-order chi connectivity index (χ1) is 16.7. The third-order valence-electron chi connectivity index (χ3n) is 5.45. The summed E-state index contributed by atoms with van der Waals surface area (Å²) in [5.74, 6) is 1.54. The summed E-state index contributed by atoms with van der Waals surface area (Å²) in [5.41, 5.74) is 2.28. The summed E-state index contributed by atoms with van der Waals surface area (Å²) < 4.78 is 48.4. The average molecular weight is 499 g/mol. The second-order valence-electron chi connectivity index (χ2n) is 7.95. The fourth-order valence-electron chi connectivity index (χ4n) is 3.90. The third-order valence-corrected chi connectivity index (χ3v) is 7.40.